The summed E-state index contributed by atoms with van der Waals surface area (Å²) in [6.45, 7) is 7.21. The van der Waals surface area contributed by atoms with E-state index in [4.69, 9.17) is 4.98 Å². The number of hydrogen-bond donors (Lipinski definition) is 3. The van der Waals surface area contributed by atoms with Gasteiger partial charge in [-0.05, 0) is 42.3 Å². The molecular formula is C19H23N5O. The van der Waals surface area contributed by atoms with E-state index in [-0.39, 0.29) is 5.75 Å². The Kier molecular flexibility index (Phi) is 4.38. The molecule has 130 valence electrons. The normalized spacial score (nSPS) is 15.7. The number of pyridine rings is 1. The van der Waals surface area contributed by atoms with E-state index in [1.807, 2.05) is 12.1 Å². The molecule has 1 aromatic carbocycles. The Morgan fingerprint density at radius 1 is 1.16 bits per heavy atom. The van der Waals surface area contributed by atoms with Gasteiger partial charge in [0, 0.05) is 49.4 Å². The zero-order chi connectivity index (χ0) is 17.2. The number of phenols is 1. The molecule has 0 unspecified atom stereocenters. The highest BCUT2D eigenvalue weighted by Crippen LogP contribution is 2.28. The third-order valence-corrected chi connectivity index (χ3v) is 4.80. The Labute approximate surface area is 146 Å². The van der Waals surface area contributed by atoms with E-state index < -0.39 is 0 Å². The number of nitrogens with zero attached hydrogens (tertiary/aromatic N) is 3. The van der Waals surface area contributed by atoms with Crippen molar-refractivity contribution in [3.63, 3.8) is 0 Å². The number of phenolic OH excluding ortho intramolecular Hbond substituents is 1. The molecule has 6 heteroatoms. The Hall–Kier alpha value is -2.44. The van der Waals surface area contributed by atoms with Crippen LogP contribution in [0.1, 0.15) is 18.2 Å². The second kappa shape index (κ2) is 6.82. The number of aromatic nitrogens is 3. The van der Waals surface area contributed by atoms with Gasteiger partial charge in [-0.2, -0.15) is 5.10 Å². The summed E-state index contributed by atoms with van der Waals surface area (Å²) in [5.41, 5.74) is 5.06. The van der Waals surface area contributed by atoms with Gasteiger partial charge in [0.2, 0.25) is 0 Å². The minimum absolute atomic E-state index is 0.263. The van der Waals surface area contributed by atoms with Crippen LogP contribution in [0.2, 0.25) is 0 Å². The molecule has 3 aromatic rings. The minimum Gasteiger partial charge on any atom is -0.508 e. The molecule has 0 bridgehead atoms. The van der Waals surface area contributed by atoms with Crippen molar-refractivity contribution in [2.75, 3.05) is 26.2 Å². The molecule has 1 aliphatic rings. The van der Waals surface area contributed by atoms with Crippen LogP contribution < -0.4 is 5.32 Å². The highest BCUT2D eigenvalue weighted by atomic mass is 16.3. The highest BCUT2D eigenvalue weighted by Gasteiger charge is 2.17. The summed E-state index contributed by atoms with van der Waals surface area (Å²) >= 11 is 0. The summed E-state index contributed by atoms with van der Waals surface area (Å²) in [6.07, 6.45) is 0.908. The first-order chi connectivity index (χ1) is 12.2. The Balaban J connectivity index is 1.79. The summed E-state index contributed by atoms with van der Waals surface area (Å²) in [4.78, 5) is 7.21. The van der Waals surface area contributed by atoms with Gasteiger partial charge < -0.3 is 10.4 Å². The molecule has 1 aliphatic heterocycles. The number of H-pyrrole nitrogens is 1. The third-order valence-electron chi connectivity index (χ3n) is 4.80. The summed E-state index contributed by atoms with van der Waals surface area (Å²) < 4.78 is 0. The van der Waals surface area contributed by atoms with Gasteiger partial charge in [-0.1, -0.05) is 6.92 Å². The van der Waals surface area contributed by atoms with Crippen LogP contribution in [0.4, 0.5) is 0 Å². The summed E-state index contributed by atoms with van der Waals surface area (Å²) in [6, 6.07) is 9.35. The topological polar surface area (TPSA) is 77.1 Å². The average Bonchev–Trinajstić information content (AvgIpc) is 3.06. The molecule has 0 atom stereocenters. The molecule has 4 rings (SSSR count). The quantitative estimate of drug-likeness (QED) is 0.681. The molecule has 2 aromatic heterocycles. The van der Waals surface area contributed by atoms with E-state index in [9.17, 15) is 5.11 Å². The summed E-state index contributed by atoms with van der Waals surface area (Å²) in [7, 11) is 0. The van der Waals surface area contributed by atoms with Gasteiger partial charge in [0.1, 0.15) is 5.75 Å². The van der Waals surface area contributed by atoms with Crippen LogP contribution >= 0.6 is 0 Å². The first-order valence-corrected chi connectivity index (χ1v) is 8.84. The zero-order valence-corrected chi connectivity index (χ0v) is 14.4. The maximum absolute atomic E-state index is 9.53. The fourth-order valence-electron chi connectivity index (χ4n) is 3.44. The molecule has 3 N–H and O–H groups in total. The van der Waals surface area contributed by atoms with Crippen molar-refractivity contribution >= 4 is 11.0 Å². The first kappa shape index (κ1) is 16.1. The third kappa shape index (κ3) is 3.23. The molecule has 1 fully saturated rings. The lowest BCUT2D eigenvalue weighted by Gasteiger charge is -2.27. The minimum atomic E-state index is 0.263. The molecular weight excluding hydrogens is 314 g/mol. The second-order valence-electron chi connectivity index (χ2n) is 6.49. The van der Waals surface area contributed by atoms with E-state index >= 15 is 0 Å². The van der Waals surface area contributed by atoms with Crippen LogP contribution in [0, 0.1) is 0 Å². The molecule has 6 nitrogen and oxygen atoms in total. The van der Waals surface area contributed by atoms with Gasteiger partial charge in [-0.3, -0.25) is 10.00 Å². The van der Waals surface area contributed by atoms with Crippen molar-refractivity contribution in [3.05, 3.63) is 41.6 Å². The van der Waals surface area contributed by atoms with Crippen LogP contribution in [0.25, 0.3) is 22.3 Å². The van der Waals surface area contributed by atoms with E-state index in [0.717, 1.165) is 67.1 Å². The average molecular weight is 337 g/mol. The lowest BCUT2D eigenvalue weighted by molar-refractivity contribution is 0.234. The van der Waals surface area contributed by atoms with Crippen LogP contribution in [-0.4, -0.2) is 51.4 Å². The highest BCUT2D eigenvalue weighted by molar-refractivity contribution is 5.84. The first-order valence-electron chi connectivity index (χ1n) is 8.84. The number of piperazine rings is 1. The predicted molar refractivity (Wildman–Crippen MR) is 98.5 cm³/mol. The van der Waals surface area contributed by atoms with Crippen molar-refractivity contribution < 1.29 is 5.11 Å². The zero-order valence-electron chi connectivity index (χ0n) is 14.4. The van der Waals surface area contributed by atoms with Gasteiger partial charge in [0.05, 0.1) is 5.69 Å². The SMILES string of the molecule is CCc1[nH]nc2nc(-c3ccc(O)cc3)cc(CN3CCNCC3)c12. The number of aromatic amines is 1. The predicted octanol–water partition coefficient (Wildman–Crippen LogP) is 2.30. The van der Waals surface area contributed by atoms with Crippen molar-refractivity contribution in [2.24, 2.45) is 0 Å². The molecule has 0 amide bonds. The standard InChI is InChI=1S/C19H23N5O/c1-2-16-18-14(12-24-9-7-20-8-10-24)11-17(21-19(18)23-22-16)13-3-5-15(25)6-4-13/h3-6,11,20,25H,2,7-10,12H2,1H3,(H,21,22,23). The maximum atomic E-state index is 9.53. The lowest BCUT2D eigenvalue weighted by Crippen LogP contribution is -2.42. The Morgan fingerprint density at radius 3 is 2.64 bits per heavy atom. The second-order valence-corrected chi connectivity index (χ2v) is 6.49. The van der Waals surface area contributed by atoms with Gasteiger partial charge >= 0.3 is 0 Å². The van der Waals surface area contributed by atoms with Crippen LogP contribution in [-0.2, 0) is 13.0 Å². The molecule has 0 radical (unpaired) electrons. The Bertz CT molecular complexity index is 865. The molecule has 1 saturated heterocycles. The molecule has 0 spiro atoms. The molecule has 25 heavy (non-hydrogen) atoms. The number of benzene rings is 1. The van der Waals surface area contributed by atoms with E-state index in [2.05, 4.69) is 33.4 Å². The van der Waals surface area contributed by atoms with Crippen LogP contribution in [0.3, 0.4) is 0 Å². The van der Waals surface area contributed by atoms with Crippen molar-refractivity contribution in [1.82, 2.24) is 25.4 Å². The summed E-state index contributed by atoms with van der Waals surface area (Å²) in [5.74, 6) is 0.263. The number of rotatable bonds is 4. The van der Waals surface area contributed by atoms with Gasteiger partial charge in [0.25, 0.3) is 0 Å². The number of aromatic hydroxyl groups is 1. The Morgan fingerprint density at radius 2 is 1.92 bits per heavy atom. The lowest BCUT2D eigenvalue weighted by atomic mass is 10.0. The number of fused-ring (bicyclic) bond motifs is 1. The molecule has 0 saturated carbocycles. The van der Waals surface area contributed by atoms with Crippen molar-refractivity contribution in [3.8, 4) is 17.0 Å². The number of aryl methyl sites for hydroxylation is 1. The van der Waals surface area contributed by atoms with E-state index in [0.29, 0.717) is 0 Å². The van der Waals surface area contributed by atoms with Crippen LogP contribution in [0.5, 0.6) is 5.75 Å². The van der Waals surface area contributed by atoms with Gasteiger partial charge in [-0.15, -0.1) is 0 Å². The fraction of sp³-hybridized carbons (Fsp3) is 0.368. The summed E-state index contributed by atoms with van der Waals surface area (Å²) in [5, 5.41) is 21.7. The number of hydrogen-bond acceptors (Lipinski definition) is 5. The fourth-order valence-corrected chi connectivity index (χ4v) is 3.44. The van der Waals surface area contributed by atoms with E-state index in [1.54, 1.807) is 12.1 Å². The molecule has 0 aliphatic carbocycles. The van der Waals surface area contributed by atoms with Crippen molar-refractivity contribution in [2.45, 2.75) is 19.9 Å². The largest absolute Gasteiger partial charge is 0.508 e. The van der Waals surface area contributed by atoms with Gasteiger partial charge in [-0.25, -0.2) is 4.98 Å². The number of nitrogens with one attached hydrogen (secondary N) is 2. The smallest absolute Gasteiger partial charge is 0.182 e. The van der Waals surface area contributed by atoms with Crippen molar-refractivity contribution in [1.29, 1.82) is 0 Å². The monoisotopic (exact) mass is 337 g/mol. The molecule has 3 heterocycles. The van der Waals surface area contributed by atoms with Crippen LogP contribution in [0.15, 0.2) is 30.3 Å². The van der Waals surface area contributed by atoms with Gasteiger partial charge in [0.15, 0.2) is 5.65 Å². The van der Waals surface area contributed by atoms with E-state index in [1.165, 1.54) is 5.56 Å². The maximum Gasteiger partial charge on any atom is 0.182 e.